The van der Waals surface area contributed by atoms with E-state index in [1.54, 1.807) is 0 Å². The van der Waals surface area contributed by atoms with E-state index in [4.69, 9.17) is 4.74 Å². The van der Waals surface area contributed by atoms with E-state index in [0.29, 0.717) is 6.04 Å². The second kappa shape index (κ2) is 7.25. The first kappa shape index (κ1) is 13.9. The van der Waals surface area contributed by atoms with Crippen molar-refractivity contribution in [2.75, 3.05) is 19.8 Å². The smallest absolute Gasteiger partial charge is 0.0661 e. The average Bonchev–Trinajstić information content (AvgIpc) is 2.28. The van der Waals surface area contributed by atoms with Gasteiger partial charge < -0.3 is 10.1 Å². The van der Waals surface area contributed by atoms with Crippen molar-refractivity contribution in [3.63, 3.8) is 0 Å². The van der Waals surface area contributed by atoms with Crippen LogP contribution < -0.4 is 5.32 Å². The summed E-state index contributed by atoms with van der Waals surface area (Å²) in [4.78, 5) is 0. The fourth-order valence-electron chi connectivity index (χ4n) is 1.68. The van der Waals surface area contributed by atoms with Crippen molar-refractivity contribution in [3.05, 3.63) is 32.9 Å². The number of nitrogens with one attached hydrogen (secondary N) is 1. The second-order valence-electron chi connectivity index (χ2n) is 3.75. The van der Waals surface area contributed by atoms with Crippen LogP contribution in [0.4, 0.5) is 0 Å². The first-order chi connectivity index (χ1) is 7.70. The van der Waals surface area contributed by atoms with Crippen molar-refractivity contribution in [2.24, 2.45) is 0 Å². The van der Waals surface area contributed by atoms with Gasteiger partial charge in [0.15, 0.2) is 0 Å². The predicted molar refractivity (Wildman–Crippen MR) is 76.8 cm³/mol. The summed E-state index contributed by atoms with van der Waals surface area (Å²) in [6, 6.07) is 6.75. The van der Waals surface area contributed by atoms with Gasteiger partial charge in [0.25, 0.3) is 0 Å². The van der Waals surface area contributed by atoms with Gasteiger partial charge in [-0.1, -0.05) is 25.1 Å². The Morgan fingerprint density at radius 3 is 2.75 bits per heavy atom. The van der Waals surface area contributed by atoms with E-state index in [1.807, 2.05) is 6.92 Å². The molecule has 3 heteroatoms. The van der Waals surface area contributed by atoms with E-state index in [0.717, 1.165) is 19.8 Å². The third kappa shape index (κ3) is 3.71. The Balaban J connectivity index is 2.86. The molecule has 1 atom stereocenters. The highest BCUT2D eigenvalue weighted by Gasteiger charge is 2.14. The highest BCUT2D eigenvalue weighted by atomic mass is 127. The third-order valence-electron chi connectivity index (χ3n) is 2.54. The van der Waals surface area contributed by atoms with Gasteiger partial charge in [0.1, 0.15) is 0 Å². The largest absolute Gasteiger partial charge is 0.380 e. The average molecular weight is 333 g/mol. The molecule has 2 nitrogen and oxygen atoms in total. The van der Waals surface area contributed by atoms with Gasteiger partial charge in [-0.2, -0.15) is 0 Å². The molecule has 1 rings (SSSR count). The quantitative estimate of drug-likeness (QED) is 0.807. The number of hydrogen-bond acceptors (Lipinski definition) is 2. The van der Waals surface area contributed by atoms with E-state index in [9.17, 15) is 0 Å². The van der Waals surface area contributed by atoms with Crippen LogP contribution in [0, 0.1) is 10.5 Å². The molecule has 1 N–H and O–H groups in total. The number of rotatable bonds is 6. The standard InChI is InChI=1S/C13H20INO/c1-4-15-12(9-16-5-2)11-8-6-7-10(3)13(11)14/h6-8,12,15H,4-5,9H2,1-3H3. The van der Waals surface area contributed by atoms with Crippen LogP contribution in [-0.2, 0) is 4.74 Å². The highest BCUT2D eigenvalue weighted by molar-refractivity contribution is 14.1. The normalized spacial score (nSPS) is 12.8. The molecule has 0 aliphatic carbocycles. The van der Waals surface area contributed by atoms with Crippen molar-refractivity contribution >= 4 is 22.6 Å². The summed E-state index contributed by atoms with van der Waals surface area (Å²) < 4.78 is 6.87. The number of ether oxygens (including phenoxy) is 1. The molecule has 0 heterocycles. The highest BCUT2D eigenvalue weighted by Crippen LogP contribution is 2.23. The lowest BCUT2D eigenvalue weighted by molar-refractivity contribution is 0.123. The van der Waals surface area contributed by atoms with Crippen LogP contribution in [0.5, 0.6) is 0 Å². The first-order valence-electron chi connectivity index (χ1n) is 5.76. The van der Waals surface area contributed by atoms with Gasteiger partial charge in [-0.3, -0.25) is 0 Å². The summed E-state index contributed by atoms with van der Waals surface area (Å²) in [5, 5.41) is 3.47. The molecule has 0 bridgehead atoms. The lowest BCUT2D eigenvalue weighted by Gasteiger charge is -2.20. The molecular formula is C13H20INO. The number of benzene rings is 1. The first-order valence-corrected chi connectivity index (χ1v) is 6.84. The molecule has 0 aliphatic heterocycles. The molecule has 0 fully saturated rings. The molecule has 0 saturated carbocycles. The summed E-state index contributed by atoms with van der Waals surface area (Å²) >= 11 is 2.42. The van der Waals surface area contributed by atoms with Crippen LogP contribution in [-0.4, -0.2) is 19.8 Å². The molecule has 0 aliphatic rings. The third-order valence-corrected chi connectivity index (χ3v) is 4.01. The molecule has 0 aromatic heterocycles. The lowest BCUT2D eigenvalue weighted by atomic mass is 10.1. The topological polar surface area (TPSA) is 21.3 Å². The Morgan fingerprint density at radius 1 is 1.38 bits per heavy atom. The Kier molecular flexibility index (Phi) is 6.31. The molecule has 0 spiro atoms. The van der Waals surface area contributed by atoms with Crippen LogP contribution in [0.3, 0.4) is 0 Å². The van der Waals surface area contributed by atoms with Crippen molar-refractivity contribution in [2.45, 2.75) is 26.8 Å². The maximum atomic E-state index is 5.53. The van der Waals surface area contributed by atoms with Crippen LogP contribution >= 0.6 is 22.6 Å². The fraction of sp³-hybridized carbons (Fsp3) is 0.538. The summed E-state index contributed by atoms with van der Waals surface area (Å²) in [5.41, 5.74) is 2.67. The lowest BCUT2D eigenvalue weighted by Crippen LogP contribution is -2.26. The minimum atomic E-state index is 0.303. The maximum Gasteiger partial charge on any atom is 0.0661 e. The van der Waals surface area contributed by atoms with Gasteiger partial charge in [-0.05, 0) is 54.1 Å². The Labute approximate surface area is 112 Å². The summed E-state index contributed by atoms with van der Waals surface area (Å²) in [5.74, 6) is 0. The molecule has 1 aromatic rings. The number of halogens is 1. The van der Waals surface area contributed by atoms with Gasteiger partial charge in [0.05, 0.1) is 12.6 Å². The van der Waals surface area contributed by atoms with E-state index in [-0.39, 0.29) is 0 Å². The van der Waals surface area contributed by atoms with Gasteiger partial charge in [-0.15, -0.1) is 0 Å². The zero-order valence-electron chi connectivity index (χ0n) is 10.2. The summed E-state index contributed by atoms with van der Waals surface area (Å²) in [6.07, 6.45) is 0. The fourth-order valence-corrected chi connectivity index (χ4v) is 2.42. The Bertz CT molecular complexity index is 328. The van der Waals surface area contributed by atoms with Crippen LogP contribution in [0.1, 0.15) is 31.0 Å². The van der Waals surface area contributed by atoms with E-state index >= 15 is 0 Å². The monoisotopic (exact) mass is 333 g/mol. The van der Waals surface area contributed by atoms with Gasteiger partial charge in [0.2, 0.25) is 0 Å². The predicted octanol–water partition coefficient (Wildman–Crippen LogP) is 3.29. The SMILES string of the molecule is CCNC(COCC)c1cccc(C)c1I. The van der Waals surface area contributed by atoms with E-state index in [2.05, 4.69) is 60.0 Å². The molecule has 90 valence electrons. The molecule has 1 aromatic carbocycles. The molecule has 0 radical (unpaired) electrons. The Hall–Kier alpha value is -0.130. The maximum absolute atomic E-state index is 5.53. The van der Waals surface area contributed by atoms with Crippen LogP contribution in [0.2, 0.25) is 0 Å². The number of likely N-dealkylation sites (N-methyl/N-ethyl adjacent to an activating group) is 1. The Morgan fingerprint density at radius 2 is 2.12 bits per heavy atom. The minimum Gasteiger partial charge on any atom is -0.380 e. The number of hydrogen-bond donors (Lipinski definition) is 1. The second-order valence-corrected chi connectivity index (χ2v) is 4.83. The van der Waals surface area contributed by atoms with Crippen molar-refractivity contribution in [3.8, 4) is 0 Å². The van der Waals surface area contributed by atoms with Gasteiger partial charge in [-0.25, -0.2) is 0 Å². The minimum absolute atomic E-state index is 0.303. The molecule has 1 unspecified atom stereocenters. The van der Waals surface area contributed by atoms with E-state index < -0.39 is 0 Å². The van der Waals surface area contributed by atoms with Gasteiger partial charge in [0, 0.05) is 10.2 Å². The van der Waals surface area contributed by atoms with Gasteiger partial charge >= 0.3 is 0 Å². The van der Waals surface area contributed by atoms with Crippen molar-refractivity contribution in [1.82, 2.24) is 5.32 Å². The molecule has 0 saturated heterocycles. The number of aryl methyl sites for hydroxylation is 1. The zero-order valence-corrected chi connectivity index (χ0v) is 12.4. The van der Waals surface area contributed by atoms with Crippen LogP contribution in [0.15, 0.2) is 18.2 Å². The van der Waals surface area contributed by atoms with Crippen molar-refractivity contribution in [1.29, 1.82) is 0 Å². The zero-order chi connectivity index (χ0) is 12.0. The molecule has 16 heavy (non-hydrogen) atoms. The van der Waals surface area contributed by atoms with Crippen LogP contribution in [0.25, 0.3) is 0 Å². The van der Waals surface area contributed by atoms with E-state index in [1.165, 1.54) is 14.7 Å². The summed E-state index contributed by atoms with van der Waals surface area (Å²) in [6.45, 7) is 8.77. The van der Waals surface area contributed by atoms with Crippen molar-refractivity contribution < 1.29 is 4.74 Å². The molecule has 0 amide bonds. The molecular weight excluding hydrogens is 313 g/mol. The summed E-state index contributed by atoms with van der Waals surface area (Å²) in [7, 11) is 0.